The van der Waals surface area contributed by atoms with E-state index >= 15 is 0 Å². The molecule has 0 spiro atoms. The monoisotopic (exact) mass is 306 g/mol. The van der Waals surface area contributed by atoms with Gasteiger partial charge in [0.2, 0.25) is 0 Å². The predicted octanol–water partition coefficient (Wildman–Crippen LogP) is 2.68. The lowest BCUT2D eigenvalue weighted by Crippen LogP contribution is -2.36. The molecule has 0 aliphatic heterocycles. The summed E-state index contributed by atoms with van der Waals surface area (Å²) in [4.78, 5) is 13.0. The van der Waals surface area contributed by atoms with E-state index in [1.807, 2.05) is 17.5 Å². The largest absolute Gasteiger partial charge is 0.393 e. The van der Waals surface area contributed by atoms with E-state index in [-0.39, 0.29) is 23.6 Å². The topological polar surface area (TPSA) is 75.4 Å². The van der Waals surface area contributed by atoms with E-state index in [2.05, 4.69) is 10.5 Å². The summed E-state index contributed by atoms with van der Waals surface area (Å²) >= 11 is 1.54. The van der Waals surface area contributed by atoms with Crippen LogP contribution in [0.4, 0.5) is 0 Å². The Bertz CT molecular complexity index is 594. The van der Waals surface area contributed by atoms with Gasteiger partial charge in [0.15, 0.2) is 11.5 Å². The maximum Gasteiger partial charge on any atom is 0.273 e. The molecule has 0 aromatic carbocycles. The summed E-state index contributed by atoms with van der Waals surface area (Å²) < 4.78 is 5.19. The molecule has 1 fully saturated rings. The van der Waals surface area contributed by atoms with Gasteiger partial charge in [-0.05, 0) is 24.3 Å². The van der Waals surface area contributed by atoms with Crippen molar-refractivity contribution in [3.05, 3.63) is 29.3 Å². The first-order valence-electron chi connectivity index (χ1n) is 7.21. The molecule has 1 amide bonds. The molecule has 0 bridgehead atoms. The Balaban J connectivity index is 1.58. The van der Waals surface area contributed by atoms with E-state index in [0.717, 1.165) is 30.6 Å². The van der Waals surface area contributed by atoms with Crippen LogP contribution in [0.2, 0.25) is 0 Å². The number of aliphatic hydroxyl groups excluding tert-OH is 1. The molecule has 3 rings (SSSR count). The van der Waals surface area contributed by atoms with Crippen molar-refractivity contribution in [2.75, 3.05) is 6.54 Å². The van der Waals surface area contributed by atoms with E-state index in [9.17, 15) is 9.90 Å². The van der Waals surface area contributed by atoms with Crippen LogP contribution in [0, 0.1) is 5.92 Å². The molecule has 2 aromatic rings. The van der Waals surface area contributed by atoms with Crippen molar-refractivity contribution >= 4 is 17.2 Å². The molecule has 2 atom stereocenters. The molecule has 21 heavy (non-hydrogen) atoms. The zero-order valence-corrected chi connectivity index (χ0v) is 12.4. The second-order valence-corrected chi connectivity index (χ2v) is 6.32. The Kier molecular flexibility index (Phi) is 4.36. The summed E-state index contributed by atoms with van der Waals surface area (Å²) in [7, 11) is 0. The van der Waals surface area contributed by atoms with Gasteiger partial charge < -0.3 is 14.9 Å². The third-order valence-electron chi connectivity index (χ3n) is 3.90. The molecule has 1 saturated carbocycles. The van der Waals surface area contributed by atoms with E-state index in [0.29, 0.717) is 12.3 Å². The van der Waals surface area contributed by atoms with Gasteiger partial charge in [-0.3, -0.25) is 4.79 Å². The van der Waals surface area contributed by atoms with Crippen LogP contribution in [0.25, 0.3) is 10.6 Å². The molecule has 112 valence electrons. The number of hydrogen-bond donors (Lipinski definition) is 2. The zero-order valence-electron chi connectivity index (χ0n) is 11.6. The number of carbonyl (C=O) groups is 1. The highest BCUT2D eigenvalue weighted by Gasteiger charge is 2.24. The minimum Gasteiger partial charge on any atom is -0.393 e. The number of aromatic nitrogens is 1. The number of thiophene rings is 1. The van der Waals surface area contributed by atoms with Gasteiger partial charge >= 0.3 is 0 Å². The lowest BCUT2D eigenvalue weighted by molar-refractivity contribution is 0.0661. The SMILES string of the molecule is O=C(NCC1CCCC[C@H]1O)c1cc(-c2cccs2)on1. The van der Waals surface area contributed by atoms with Gasteiger partial charge in [0, 0.05) is 18.5 Å². The third-order valence-corrected chi connectivity index (χ3v) is 4.79. The average Bonchev–Trinajstić information content (AvgIpc) is 3.16. The first-order valence-corrected chi connectivity index (χ1v) is 8.09. The Morgan fingerprint density at radius 2 is 2.33 bits per heavy atom. The number of amides is 1. The molecule has 2 heterocycles. The van der Waals surface area contributed by atoms with Gasteiger partial charge in [0.1, 0.15) is 0 Å². The van der Waals surface area contributed by atoms with E-state index in [1.54, 1.807) is 6.07 Å². The van der Waals surface area contributed by atoms with Crippen LogP contribution in [-0.4, -0.2) is 28.8 Å². The molecular weight excluding hydrogens is 288 g/mol. The van der Waals surface area contributed by atoms with Gasteiger partial charge in [-0.25, -0.2) is 0 Å². The summed E-state index contributed by atoms with van der Waals surface area (Å²) in [5.74, 6) is 0.499. The molecular formula is C15H18N2O3S. The van der Waals surface area contributed by atoms with Crippen molar-refractivity contribution in [2.45, 2.75) is 31.8 Å². The van der Waals surface area contributed by atoms with Gasteiger partial charge in [0.25, 0.3) is 5.91 Å². The van der Waals surface area contributed by atoms with Gasteiger partial charge in [-0.1, -0.05) is 24.1 Å². The summed E-state index contributed by atoms with van der Waals surface area (Å²) in [6.45, 7) is 0.487. The fourth-order valence-electron chi connectivity index (χ4n) is 2.66. The van der Waals surface area contributed by atoms with Crippen LogP contribution >= 0.6 is 11.3 Å². The van der Waals surface area contributed by atoms with Crippen molar-refractivity contribution < 1.29 is 14.4 Å². The lowest BCUT2D eigenvalue weighted by Gasteiger charge is -2.27. The van der Waals surface area contributed by atoms with Crippen LogP contribution in [0.1, 0.15) is 36.2 Å². The van der Waals surface area contributed by atoms with Crippen LogP contribution in [0.5, 0.6) is 0 Å². The minimum absolute atomic E-state index is 0.145. The van der Waals surface area contributed by atoms with Gasteiger partial charge in [-0.15, -0.1) is 11.3 Å². The molecule has 2 N–H and O–H groups in total. The quantitative estimate of drug-likeness (QED) is 0.910. The second kappa shape index (κ2) is 6.41. The fourth-order valence-corrected chi connectivity index (χ4v) is 3.33. The number of nitrogens with one attached hydrogen (secondary N) is 1. The molecule has 5 nitrogen and oxygen atoms in total. The molecule has 6 heteroatoms. The summed E-state index contributed by atoms with van der Waals surface area (Å²) in [5, 5.41) is 18.5. The summed E-state index contributed by atoms with van der Waals surface area (Å²) in [5.41, 5.74) is 0.281. The summed E-state index contributed by atoms with van der Waals surface area (Å²) in [6.07, 6.45) is 3.66. The maximum absolute atomic E-state index is 12.1. The predicted molar refractivity (Wildman–Crippen MR) is 80.1 cm³/mol. The highest BCUT2D eigenvalue weighted by atomic mass is 32.1. The van der Waals surface area contributed by atoms with Crippen molar-refractivity contribution in [2.24, 2.45) is 5.92 Å². The normalized spacial score (nSPS) is 22.1. The molecule has 1 unspecified atom stereocenters. The highest BCUT2D eigenvalue weighted by Crippen LogP contribution is 2.26. The van der Waals surface area contributed by atoms with Gasteiger partial charge in [0.05, 0.1) is 11.0 Å². The van der Waals surface area contributed by atoms with Crippen LogP contribution in [-0.2, 0) is 0 Å². The average molecular weight is 306 g/mol. The van der Waals surface area contributed by atoms with E-state index in [4.69, 9.17) is 4.52 Å². The number of nitrogens with zero attached hydrogens (tertiary/aromatic N) is 1. The maximum atomic E-state index is 12.1. The van der Waals surface area contributed by atoms with Crippen LogP contribution in [0.15, 0.2) is 28.1 Å². The Labute approximate surface area is 127 Å². The molecule has 0 radical (unpaired) electrons. The Hall–Kier alpha value is -1.66. The third kappa shape index (κ3) is 3.33. The first-order chi connectivity index (χ1) is 10.2. The molecule has 1 aliphatic carbocycles. The molecule has 2 aromatic heterocycles. The number of rotatable bonds is 4. The smallest absolute Gasteiger partial charge is 0.273 e. The van der Waals surface area contributed by atoms with Crippen LogP contribution in [0.3, 0.4) is 0 Å². The standard InChI is InChI=1S/C15H18N2O3S/c18-12-5-2-1-4-10(12)9-16-15(19)11-8-13(20-17-11)14-6-3-7-21-14/h3,6-8,10,12,18H,1-2,4-5,9H2,(H,16,19)/t10?,12-/m1/s1. The summed E-state index contributed by atoms with van der Waals surface area (Å²) in [6, 6.07) is 5.50. The Morgan fingerprint density at radius 1 is 1.48 bits per heavy atom. The van der Waals surface area contributed by atoms with Crippen molar-refractivity contribution in [3.63, 3.8) is 0 Å². The lowest BCUT2D eigenvalue weighted by atomic mass is 9.86. The first kappa shape index (κ1) is 14.3. The Morgan fingerprint density at radius 3 is 3.10 bits per heavy atom. The number of carbonyl (C=O) groups excluding carboxylic acids is 1. The molecule has 0 saturated heterocycles. The van der Waals surface area contributed by atoms with Gasteiger partial charge in [-0.2, -0.15) is 0 Å². The number of aliphatic hydroxyl groups is 1. The number of hydrogen-bond acceptors (Lipinski definition) is 5. The van der Waals surface area contributed by atoms with Crippen molar-refractivity contribution in [1.82, 2.24) is 10.5 Å². The van der Waals surface area contributed by atoms with E-state index in [1.165, 1.54) is 11.3 Å². The van der Waals surface area contributed by atoms with Crippen LogP contribution < -0.4 is 5.32 Å². The highest BCUT2D eigenvalue weighted by molar-refractivity contribution is 7.13. The van der Waals surface area contributed by atoms with E-state index < -0.39 is 0 Å². The fraction of sp³-hybridized carbons (Fsp3) is 0.467. The van der Waals surface area contributed by atoms with Crippen molar-refractivity contribution in [3.8, 4) is 10.6 Å². The van der Waals surface area contributed by atoms with Crippen molar-refractivity contribution in [1.29, 1.82) is 0 Å². The minimum atomic E-state index is -0.307. The zero-order chi connectivity index (χ0) is 14.7. The second-order valence-electron chi connectivity index (χ2n) is 5.38. The molecule has 1 aliphatic rings.